The van der Waals surface area contributed by atoms with Crippen molar-refractivity contribution in [3.63, 3.8) is 0 Å². The first-order valence-electron chi connectivity index (χ1n) is 15.6. The molecule has 2 atom stereocenters. The standard InChI is InChI=1S/C37H58N2O2/c1-34(2,3)26-18-24(32(40)28(20-26)36(7,8)9)22-38-30-16-14-15-17-31(30)39(13)23-25-19-27(35(4,5)6)21-29(33(25)41)37(10,11)12/h18-22,30-31,40-41H,14-17,23H2,1-13H3/t30-,31-/m1/s1. The summed E-state index contributed by atoms with van der Waals surface area (Å²) in [5.74, 6) is 0.764. The molecule has 3 rings (SSSR count). The van der Waals surface area contributed by atoms with Crippen LogP contribution in [0.15, 0.2) is 29.3 Å². The monoisotopic (exact) mass is 562 g/mol. The fraction of sp³-hybridized carbons (Fsp3) is 0.649. The summed E-state index contributed by atoms with van der Waals surface area (Å²) >= 11 is 0. The van der Waals surface area contributed by atoms with Crippen LogP contribution in [0.2, 0.25) is 0 Å². The predicted molar refractivity (Wildman–Crippen MR) is 176 cm³/mol. The normalized spacial score (nSPS) is 19.4. The van der Waals surface area contributed by atoms with Gasteiger partial charge in [-0.05, 0) is 64.3 Å². The van der Waals surface area contributed by atoms with E-state index in [2.05, 4.69) is 119 Å². The van der Waals surface area contributed by atoms with Crippen molar-refractivity contribution in [3.05, 3.63) is 57.6 Å². The number of aliphatic imine (C=N–C) groups is 1. The van der Waals surface area contributed by atoms with Crippen LogP contribution in [-0.4, -0.2) is 40.5 Å². The number of hydrogen-bond acceptors (Lipinski definition) is 4. The van der Waals surface area contributed by atoms with Gasteiger partial charge in [-0.1, -0.05) is 114 Å². The van der Waals surface area contributed by atoms with Gasteiger partial charge in [-0.2, -0.15) is 0 Å². The highest BCUT2D eigenvalue weighted by Gasteiger charge is 2.31. The van der Waals surface area contributed by atoms with Crippen molar-refractivity contribution in [2.75, 3.05) is 7.05 Å². The van der Waals surface area contributed by atoms with Gasteiger partial charge >= 0.3 is 0 Å². The van der Waals surface area contributed by atoms with Gasteiger partial charge in [0.1, 0.15) is 11.5 Å². The molecule has 0 amide bonds. The van der Waals surface area contributed by atoms with Crippen molar-refractivity contribution in [2.24, 2.45) is 4.99 Å². The molecule has 0 bridgehead atoms. The number of likely N-dealkylation sites (N-methyl/N-ethyl adjacent to an activating group) is 1. The first kappa shape index (κ1) is 33.2. The van der Waals surface area contributed by atoms with Gasteiger partial charge in [0.15, 0.2) is 0 Å². The Bertz CT molecular complexity index is 1250. The fourth-order valence-electron chi connectivity index (χ4n) is 5.92. The number of hydrogen-bond donors (Lipinski definition) is 2. The molecule has 1 aliphatic carbocycles. The molecule has 0 aliphatic heterocycles. The van der Waals surface area contributed by atoms with Crippen LogP contribution in [0.5, 0.6) is 11.5 Å². The lowest BCUT2D eigenvalue weighted by atomic mass is 9.78. The topological polar surface area (TPSA) is 56.1 Å². The highest BCUT2D eigenvalue weighted by molar-refractivity contribution is 5.85. The lowest BCUT2D eigenvalue weighted by molar-refractivity contribution is 0.162. The van der Waals surface area contributed by atoms with E-state index in [9.17, 15) is 10.2 Å². The third-order valence-corrected chi connectivity index (χ3v) is 8.76. The highest BCUT2D eigenvalue weighted by Crippen LogP contribution is 2.40. The number of nitrogens with zero attached hydrogens (tertiary/aromatic N) is 2. The minimum Gasteiger partial charge on any atom is -0.507 e. The van der Waals surface area contributed by atoms with Crippen LogP contribution in [0.4, 0.5) is 0 Å². The summed E-state index contributed by atoms with van der Waals surface area (Å²) in [4.78, 5) is 7.54. The van der Waals surface area contributed by atoms with Crippen LogP contribution in [0, 0.1) is 0 Å². The zero-order valence-electron chi connectivity index (χ0n) is 28.4. The minimum atomic E-state index is -0.170. The molecule has 41 heavy (non-hydrogen) atoms. The zero-order valence-corrected chi connectivity index (χ0v) is 28.4. The first-order valence-corrected chi connectivity index (χ1v) is 15.6. The maximum absolute atomic E-state index is 11.4. The summed E-state index contributed by atoms with van der Waals surface area (Å²) in [5, 5.41) is 22.7. The smallest absolute Gasteiger partial charge is 0.128 e. The van der Waals surface area contributed by atoms with Crippen LogP contribution in [-0.2, 0) is 28.2 Å². The van der Waals surface area contributed by atoms with E-state index < -0.39 is 0 Å². The Hall–Kier alpha value is -2.33. The first-order chi connectivity index (χ1) is 18.6. The van der Waals surface area contributed by atoms with Crippen molar-refractivity contribution >= 4 is 6.21 Å². The van der Waals surface area contributed by atoms with Gasteiger partial charge in [-0.15, -0.1) is 0 Å². The van der Waals surface area contributed by atoms with Crippen molar-refractivity contribution in [2.45, 2.75) is 149 Å². The Morgan fingerprint density at radius 1 is 0.707 bits per heavy atom. The van der Waals surface area contributed by atoms with E-state index in [1.807, 2.05) is 6.21 Å². The van der Waals surface area contributed by atoms with Gasteiger partial charge in [0, 0.05) is 35.5 Å². The quantitative estimate of drug-likeness (QED) is 0.357. The number of benzene rings is 2. The summed E-state index contributed by atoms with van der Waals surface area (Å²) in [5.41, 5.74) is 5.89. The molecule has 2 aromatic rings. The maximum Gasteiger partial charge on any atom is 0.128 e. The molecule has 4 nitrogen and oxygen atoms in total. The van der Waals surface area contributed by atoms with E-state index in [0.717, 1.165) is 41.5 Å². The molecule has 0 radical (unpaired) electrons. The van der Waals surface area contributed by atoms with Gasteiger partial charge in [-0.3, -0.25) is 9.89 Å². The largest absolute Gasteiger partial charge is 0.507 e. The van der Waals surface area contributed by atoms with E-state index in [1.54, 1.807) is 0 Å². The molecular formula is C37H58N2O2. The molecule has 2 aromatic carbocycles. The summed E-state index contributed by atoms with van der Waals surface area (Å²) in [6.45, 7) is 27.0. The average Bonchev–Trinajstić information content (AvgIpc) is 2.81. The number of aromatic hydroxyl groups is 2. The lowest BCUT2D eigenvalue weighted by Crippen LogP contribution is -2.42. The molecule has 1 saturated carbocycles. The molecule has 4 heteroatoms. The fourth-order valence-corrected chi connectivity index (χ4v) is 5.92. The number of phenols is 2. The van der Waals surface area contributed by atoms with Crippen molar-refractivity contribution in [1.29, 1.82) is 0 Å². The summed E-state index contributed by atoms with van der Waals surface area (Å²) in [6.07, 6.45) is 6.37. The Kier molecular flexibility index (Phi) is 9.50. The molecule has 0 heterocycles. The van der Waals surface area contributed by atoms with E-state index in [-0.39, 0.29) is 33.7 Å². The molecule has 2 N–H and O–H groups in total. The van der Waals surface area contributed by atoms with Crippen LogP contribution in [0.3, 0.4) is 0 Å². The molecule has 0 spiro atoms. The molecular weight excluding hydrogens is 504 g/mol. The van der Waals surface area contributed by atoms with E-state index in [0.29, 0.717) is 18.0 Å². The molecule has 0 saturated heterocycles. The second-order valence-electron chi connectivity index (χ2n) is 16.6. The summed E-state index contributed by atoms with van der Waals surface area (Å²) in [7, 11) is 2.17. The summed E-state index contributed by atoms with van der Waals surface area (Å²) in [6, 6.07) is 9.07. The highest BCUT2D eigenvalue weighted by atomic mass is 16.3. The van der Waals surface area contributed by atoms with E-state index in [4.69, 9.17) is 4.99 Å². The van der Waals surface area contributed by atoms with Crippen molar-refractivity contribution in [1.82, 2.24) is 4.90 Å². The number of rotatable bonds is 5. The minimum absolute atomic E-state index is 0.00576. The van der Waals surface area contributed by atoms with Crippen molar-refractivity contribution < 1.29 is 10.2 Å². The van der Waals surface area contributed by atoms with Gasteiger partial charge in [-0.25, -0.2) is 0 Å². The van der Waals surface area contributed by atoms with E-state index in [1.165, 1.54) is 17.5 Å². The predicted octanol–water partition coefficient (Wildman–Crippen LogP) is 9.15. The number of phenolic OH excluding ortho intramolecular Hbond substituents is 2. The lowest BCUT2D eigenvalue weighted by Gasteiger charge is -2.37. The second-order valence-corrected chi connectivity index (χ2v) is 16.6. The molecule has 0 unspecified atom stereocenters. The molecule has 0 aromatic heterocycles. The van der Waals surface area contributed by atoms with Crippen LogP contribution >= 0.6 is 0 Å². The van der Waals surface area contributed by atoms with Gasteiger partial charge < -0.3 is 10.2 Å². The SMILES string of the molecule is CN(Cc1cc(C(C)(C)C)cc(C(C)(C)C)c1O)[C@@H]1CCCC[C@H]1N=Cc1cc(C(C)(C)C)cc(C(C)(C)C)c1O. The average molecular weight is 563 g/mol. The second kappa shape index (κ2) is 11.7. The summed E-state index contributed by atoms with van der Waals surface area (Å²) < 4.78 is 0. The Morgan fingerprint density at radius 3 is 1.71 bits per heavy atom. The molecule has 1 fully saturated rings. The zero-order chi connectivity index (χ0) is 31.1. The molecule has 228 valence electrons. The van der Waals surface area contributed by atoms with Gasteiger partial charge in [0.05, 0.1) is 6.04 Å². The van der Waals surface area contributed by atoms with Crippen LogP contribution < -0.4 is 0 Å². The van der Waals surface area contributed by atoms with Crippen LogP contribution in [0.25, 0.3) is 0 Å². The van der Waals surface area contributed by atoms with E-state index >= 15 is 0 Å². The van der Waals surface area contributed by atoms with Crippen molar-refractivity contribution in [3.8, 4) is 11.5 Å². The third kappa shape index (κ3) is 7.95. The van der Waals surface area contributed by atoms with Gasteiger partial charge in [0.25, 0.3) is 0 Å². The Labute approximate surface area is 251 Å². The molecule has 1 aliphatic rings. The third-order valence-electron chi connectivity index (χ3n) is 8.76. The van der Waals surface area contributed by atoms with Gasteiger partial charge in [0.2, 0.25) is 0 Å². The van der Waals surface area contributed by atoms with Crippen LogP contribution in [0.1, 0.15) is 142 Å². The Morgan fingerprint density at radius 2 is 1.20 bits per heavy atom. The Balaban J connectivity index is 1.97. The maximum atomic E-state index is 11.4.